The van der Waals surface area contributed by atoms with E-state index in [2.05, 4.69) is 21.9 Å². The molecule has 1 amide bonds. The molecule has 1 aromatic rings. The molecule has 1 aliphatic carbocycles. The quantitative estimate of drug-likeness (QED) is 0.466. The van der Waals surface area contributed by atoms with Crippen molar-refractivity contribution in [1.82, 2.24) is 10.4 Å². The van der Waals surface area contributed by atoms with Crippen molar-refractivity contribution in [3.63, 3.8) is 0 Å². The molecule has 0 aliphatic heterocycles. The van der Waals surface area contributed by atoms with E-state index in [-0.39, 0.29) is 11.8 Å². The summed E-state index contributed by atoms with van der Waals surface area (Å²) in [4.78, 5) is 15.8. The molecule has 3 N–H and O–H groups in total. The Labute approximate surface area is 98.5 Å². The average molecular weight is 237 g/mol. The van der Waals surface area contributed by atoms with Gasteiger partial charge in [-0.2, -0.15) is 0 Å². The Morgan fingerprint density at radius 2 is 2.50 bits per heavy atom. The molecule has 0 radical (unpaired) electrons. The normalized spacial score (nSPS) is 20.4. The number of aromatic nitrogens is 1. The number of amides is 1. The maximum Gasteiger partial charge on any atom is 0.237 e. The molecule has 4 nitrogen and oxygen atoms in total. The summed E-state index contributed by atoms with van der Waals surface area (Å²) in [7, 11) is 0. The van der Waals surface area contributed by atoms with Crippen LogP contribution in [0.25, 0.3) is 5.57 Å². The number of aryl methyl sites for hydroxylation is 1. The lowest BCUT2D eigenvalue weighted by atomic mass is 9.88. The molecular formula is C11H15N3OS. The maximum absolute atomic E-state index is 11.3. The zero-order chi connectivity index (χ0) is 11.5. The van der Waals surface area contributed by atoms with E-state index >= 15 is 0 Å². The predicted molar refractivity (Wildman–Crippen MR) is 64.5 cm³/mol. The highest BCUT2D eigenvalue weighted by atomic mass is 32.1. The number of carbonyl (C=O) groups excluding carboxylic acids is 1. The highest BCUT2D eigenvalue weighted by Crippen LogP contribution is 2.30. The average Bonchev–Trinajstić information content (AvgIpc) is 2.75. The first-order chi connectivity index (χ1) is 7.70. The fourth-order valence-corrected chi connectivity index (χ4v) is 2.57. The Bertz CT molecular complexity index is 425. The molecule has 2 rings (SSSR count). The first-order valence-electron chi connectivity index (χ1n) is 5.32. The third kappa shape index (κ3) is 2.31. The number of nitrogens with one attached hydrogen (secondary N) is 1. The van der Waals surface area contributed by atoms with Crippen molar-refractivity contribution < 1.29 is 4.79 Å². The lowest BCUT2D eigenvalue weighted by Gasteiger charge is -2.19. The van der Waals surface area contributed by atoms with Crippen molar-refractivity contribution in [2.45, 2.75) is 26.2 Å². The van der Waals surface area contributed by atoms with Crippen LogP contribution in [0.4, 0.5) is 0 Å². The summed E-state index contributed by atoms with van der Waals surface area (Å²) >= 11 is 1.66. The zero-order valence-electron chi connectivity index (χ0n) is 9.19. The standard InChI is InChI=1S/C11H15N3OS/c1-7-13-10(6-16-7)8-2-4-9(5-3-8)11(15)14-12/h2,6,9H,3-5,12H2,1H3,(H,14,15)/t9-/m1/s1. The number of nitrogens with zero attached hydrogens (tertiary/aromatic N) is 1. The van der Waals surface area contributed by atoms with Gasteiger partial charge >= 0.3 is 0 Å². The van der Waals surface area contributed by atoms with Crippen molar-refractivity contribution in [2.75, 3.05) is 0 Å². The van der Waals surface area contributed by atoms with E-state index < -0.39 is 0 Å². The second kappa shape index (κ2) is 4.76. The highest BCUT2D eigenvalue weighted by Gasteiger charge is 2.21. The van der Waals surface area contributed by atoms with Gasteiger partial charge in [-0.15, -0.1) is 11.3 Å². The van der Waals surface area contributed by atoms with Crippen LogP contribution in [0.3, 0.4) is 0 Å². The number of rotatable bonds is 2. The minimum atomic E-state index is -0.0650. The summed E-state index contributed by atoms with van der Waals surface area (Å²) in [6.07, 6.45) is 4.62. The van der Waals surface area contributed by atoms with Gasteiger partial charge in [0.2, 0.25) is 5.91 Å². The van der Waals surface area contributed by atoms with Gasteiger partial charge in [0.25, 0.3) is 0 Å². The van der Waals surface area contributed by atoms with Gasteiger partial charge in [0, 0.05) is 11.3 Å². The molecule has 16 heavy (non-hydrogen) atoms. The molecule has 1 aromatic heterocycles. The summed E-state index contributed by atoms with van der Waals surface area (Å²) < 4.78 is 0. The summed E-state index contributed by atoms with van der Waals surface area (Å²) in [5.74, 6) is 5.08. The maximum atomic E-state index is 11.3. The number of thiazole rings is 1. The van der Waals surface area contributed by atoms with E-state index in [9.17, 15) is 4.79 Å². The second-order valence-corrected chi connectivity index (χ2v) is 5.02. The predicted octanol–water partition coefficient (Wildman–Crippen LogP) is 1.62. The summed E-state index contributed by atoms with van der Waals surface area (Å²) in [6.45, 7) is 2.00. The SMILES string of the molecule is Cc1nc(C2=CC[C@@H](C(=O)NN)CC2)cs1. The molecule has 0 spiro atoms. The van der Waals surface area contributed by atoms with Crippen LogP contribution in [-0.4, -0.2) is 10.9 Å². The van der Waals surface area contributed by atoms with Crippen LogP contribution in [0, 0.1) is 12.8 Å². The van der Waals surface area contributed by atoms with Gasteiger partial charge in [-0.3, -0.25) is 10.2 Å². The van der Waals surface area contributed by atoms with Gasteiger partial charge in [0.1, 0.15) is 0 Å². The molecule has 1 atom stereocenters. The number of hydrogen-bond acceptors (Lipinski definition) is 4. The van der Waals surface area contributed by atoms with E-state index in [0.29, 0.717) is 0 Å². The van der Waals surface area contributed by atoms with Crippen LogP contribution >= 0.6 is 11.3 Å². The number of hydrogen-bond donors (Lipinski definition) is 2. The highest BCUT2D eigenvalue weighted by molar-refractivity contribution is 7.09. The summed E-state index contributed by atoms with van der Waals surface area (Å²) in [6, 6.07) is 0. The third-order valence-electron chi connectivity index (χ3n) is 2.87. The van der Waals surface area contributed by atoms with Crippen molar-refractivity contribution in [3.05, 3.63) is 22.2 Å². The van der Waals surface area contributed by atoms with Gasteiger partial charge in [-0.25, -0.2) is 10.8 Å². The van der Waals surface area contributed by atoms with Gasteiger partial charge in [-0.05, 0) is 31.8 Å². The molecule has 0 bridgehead atoms. The van der Waals surface area contributed by atoms with Gasteiger partial charge < -0.3 is 0 Å². The monoisotopic (exact) mass is 237 g/mol. The molecule has 1 heterocycles. The Hall–Kier alpha value is -1.20. The first kappa shape index (κ1) is 11.3. The fourth-order valence-electron chi connectivity index (χ4n) is 1.93. The van der Waals surface area contributed by atoms with Crippen molar-refractivity contribution in [1.29, 1.82) is 0 Å². The summed E-state index contributed by atoms with van der Waals surface area (Å²) in [5, 5.41) is 3.16. The van der Waals surface area contributed by atoms with E-state index in [1.807, 2.05) is 6.92 Å². The van der Waals surface area contributed by atoms with Crippen LogP contribution < -0.4 is 11.3 Å². The van der Waals surface area contributed by atoms with Crippen LogP contribution in [0.5, 0.6) is 0 Å². The molecule has 86 valence electrons. The molecule has 0 fully saturated rings. The summed E-state index contributed by atoms with van der Waals surface area (Å²) in [5.41, 5.74) is 4.53. The van der Waals surface area contributed by atoms with Gasteiger partial charge in [0.05, 0.1) is 10.7 Å². The van der Waals surface area contributed by atoms with Crippen molar-refractivity contribution in [2.24, 2.45) is 11.8 Å². The van der Waals surface area contributed by atoms with Crippen molar-refractivity contribution in [3.8, 4) is 0 Å². The second-order valence-electron chi connectivity index (χ2n) is 3.96. The van der Waals surface area contributed by atoms with E-state index in [4.69, 9.17) is 5.84 Å². The zero-order valence-corrected chi connectivity index (χ0v) is 10.0. The van der Waals surface area contributed by atoms with Crippen molar-refractivity contribution >= 4 is 22.8 Å². The topological polar surface area (TPSA) is 68.0 Å². The van der Waals surface area contributed by atoms with Crippen LogP contribution in [0.15, 0.2) is 11.5 Å². The van der Waals surface area contributed by atoms with E-state index in [0.717, 1.165) is 30.0 Å². The number of allylic oxidation sites excluding steroid dienone is 2. The van der Waals surface area contributed by atoms with Gasteiger partial charge in [0.15, 0.2) is 0 Å². The number of nitrogens with two attached hydrogens (primary N) is 1. The minimum Gasteiger partial charge on any atom is -0.294 e. The molecule has 0 aromatic carbocycles. The molecule has 0 unspecified atom stereocenters. The molecular weight excluding hydrogens is 222 g/mol. The Morgan fingerprint density at radius 1 is 1.69 bits per heavy atom. The lowest BCUT2D eigenvalue weighted by molar-refractivity contribution is -0.125. The molecule has 0 saturated carbocycles. The third-order valence-corrected chi connectivity index (χ3v) is 3.65. The molecule has 0 saturated heterocycles. The molecule has 1 aliphatic rings. The smallest absolute Gasteiger partial charge is 0.237 e. The van der Waals surface area contributed by atoms with Gasteiger partial charge in [-0.1, -0.05) is 6.08 Å². The number of carbonyl (C=O) groups is 1. The lowest BCUT2D eigenvalue weighted by Crippen LogP contribution is -2.36. The van der Waals surface area contributed by atoms with E-state index in [1.54, 1.807) is 11.3 Å². The molecule has 5 heteroatoms. The van der Waals surface area contributed by atoms with E-state index in [1.165, 1.54) is 5.57 Å². The van der Waals surface area contributed by atoms with Crippen LogP contribution in [0.2, 0.25) is 0 Å². The Kier molecular flexibility index (Phi) is 3.36. The Morgan fingerprint density at radius 3 is 3.00 bits per heavy atom. The fraction of sp³-hybridized carbons (Fsp3) is 0.455. The Balaban J connectivity index is 2.06. The largest absolute Gasteiger partial charge is 0.294 e. The van der Waals surface area contributed by atoms with Crippen LogP contribution in [-0.2, 0) is 4.79 Å². The number of hydrazine groups is 1. The minimum absolute atomic E-state index is 0.0217. The van der Waals surface area contributed by atoms with Crippen LogP contribution in [0.1, 0.15) is 30.0 Å². The first-order valence-corrected chi connectivity index (χ1v) is 6.20.